The second kappa shape index (κ2) is 6.02. The zero-order chi connectivity index (χ0) is 14.6. The van der Waals surface area contributed by atoms with E-state index in [0.29, 0.717) is 23.8 Å². The highest BCUT2D eigenvalue weighted by Gasteiger charge is 2.17. The molecule has 0 spiro atoms. The standard InChI is InChI=1S/C12H16N4O3S/c1-9-15-12(19-16-9)7-8-14-20(17,18)11-6-4-3-5-10(11)13-2/h3-6,13-14H,7-8H2,1-2H3. The lowest BCUT2D eigenvalue weighted by Gasteiger charge is -2.10. The maximum atomic E-state index is 12.2. The molecule has 0 saturated carbocycles. The molecule has 7 nitrogen and oxygen atoms in total. The Labute approximate surface area is 117 Å². The van der Waals surface area contributed by atoms with Gasteiger partial charge in [-0.05, 0) is 19.1 Å². The molecule has 0 amide bonds. The maximum Gasteiger partial charge on any atom is 0.242 e. The number of anilines is 1. The second-order valence-electron chi connectivity index (χ2n) is 4.13. The van der Waals surface area contributed by atoms with Crippen molar-refractivity contribution in [3.63, 3.8) is 0 Å². The van der Waals surface area contributed by atoms with Crippen molar-refractivity contribution in [3.8, 4) is 0 Å². The third-order valence-electron chi connectivity index (χ3n) is 2.65. The fourth-order valence-corrected chi connectivity index (χ4v) is 2.96. The second-order valence-corrected chi connectivity index (χ2v) is 5.86. The van der Waals surface area contributed by atoms with Gasteiger partial charge in [0.1, 0.15) is 4.90 Å². The summed E-state index contributed by atoms with van der Waals surface area (Å²) in [6.07, 6.45) is 0.349. The first-order valence-corrected chi connectivity index (χ1v) is 7.57. The van der Waals surface area contributed by atoms with Gasteiger partial charge in [0.25, 0.3) is 0 Å². The molecule has 0 bridgehead atoms. The van der Waals surface area contributed by atoms with E-state index in [4.69, 9.17) is 4.52 Å². The molecular formula is C12H16N4O3S. The van der Waals surface area contributed by atoms with Crippen molar-refractivity contribution in [2.45, 2.75) is 18.2 Å². The lowest BCUT2D eigenvalue weighted by atomic mass is 10.3. The van der Waals surface area contributed by atoms with Crippen LogP contribution in [0.3, 0.4) is 0 Å². The number of sulfonamides is 1. The molecule has 1 heterocycles. The van der Waals surface area contributed by atoms with Gasteiger partial charge in [-0.15, -0.1) is 0 Å². The smallest absolute Gasteiger partial charge is 0.242 e. The number of nitrogens with one attached hydrogen (secondary N) is 2. The van der Waals surface area contributed by atoms with Gasteiger partial charge in [-0.1, -0.05) is 17.3 Å². The minimum absolute atomic E-state index is 0.196. The average molecular weight is 296 g/mol. The van der Waals surface area contributed by atoms with Crippen LogP contribution in [0.4, 0.5) is 5.69 Å². The summed E-state index contributed by atoms with van der Waals surface area (Å²) in [7, 11) is -1.89. The number of nitrogens with zero attached hydrogens (tertiary/aromatic N) is 2. The lowest BCUT2D eigenvalue weighted by Crippen LogP contribution is -2.26. The molecular weight excluding hydrogens is 280 g/mol. The molecule has 1 aromatic carbocycles. The number of aromatic nitrogens is 2. The Morgan fingerprint density at radius 2 is 2.05 bits per heavy atom. The highest BCUT2D eigenvalue weighted by molar-refractivity contribution is 7.89. The van der Waals surface area contributed by atoms with Gasteiger partial charge >= 0.3 is 0 Å². The van der Waals surface area contributed by atoms with Crippen LogP contribution in [-0.4, -0.2) is 32.2 Å². The Bertz CT molecular complexity index is 682. The van der Waals surface area contributed by atoms with Crippen LogP contribution >= 0.6 is 0 Å². The van der Waals surface area contributed by atoms with E-state index < -0.39 is 10.0 Å². The van der Waals surface area contributed by atoms with E-state index in [1.807, 2.05) is 0 Å². The van der Waals surface area contributed by atoms with E-state index >= 15 is 0 Å². The molecule has 2 rings (SSSR count). The van der Waals surface area contributed by atoms with E-state index in [0.717, 1.165) is 0 Å². The number of benzene rings is 1. The van der Waals surface area contributed by atoms with Crippen molar-refractivity contribution in [1.82, 2.24) is 14.9 Å². The van der Waals surface area contributed by atoms with Crippen LogP contribution in [0.15, 0.2) is 33.7 Å². The first kappa shape index (κ1) is 14.5. The van der Waals surface area contributed by atoms with Gasteiger partial charge in [0, 0.05) is 20.0 Å². The van der Waals surface area contributed by atoms with Gasteiger partial charge in [-0.2, -0.15) is 4.98 Å². The van der Waals surface area contributed by atoms with Gasteiger partial charge in [0.2, 0.25) is 15.9 Å². The van der Waals surface area contributed by atoms with Gasteiger partial charge < -0.3 is 9.84 Å². The van der Waals surface area contributed by atoms with Crippen LogP contribution < -0.4 is 10.0 Å². The largest absolute Gasteiger partial charge is 0.387 e. The zero-order valence-corrected chi connectivity index (χ0v) is 12.1. The summed E-state index contributed by atoms with van der Waals surface area (Å²) >= 11 is 0. The minimum Gasteiger partial charge on any atom is -0.387 e. The van der Waals surface area contributed by atoms with Gasteiger partial charge in [0.15, 0.2) is 5.82 Å². The monoisotopic (exact) mass is 296 g/mol. The van der Waals surface area contributed by atoms with Gasteiger partial charge in [-0.3, -0.25) is 0 Å². The van der Waals surface area contributed by atoms with Crippen LogP contribution in [0.2, 0.25) is 0 Å². The van der Waals surface area contributed by atoms with Crippen LogP contribution in [-0.2, 0) is 16.4 Å². The molecule has 2 aromatic rings. The summed E-state index contributed by atoms with van der Waals surface area (Å²) in [5.41, 5.74) is 0.550. The molecule has 0 aliphatic heterocycles. The van der Waals surface area contributed by atoms with Gasteiger partial charge in [-0.25, -0.2) is 13.1 Å². The Balaban J connectivity index is 2.04. The van der Waals surface area contributed by atoms with E-state index in [1.165, 1.54) is 0 Å². The Hall–Kier alpha value is -1.93. The molecule has 0 aliphatic rings. The molecule has 2 N–H and O–H groups in total. The highest BCUT2D eigenvalue weighted by atomic mass is 32.2. The predicted octanol–water partition coefficient (Wildman–Crippen LogP) is 0.941. The lowest BCUT2D eigenvalue weighted by molar-refractivity contribution is 0.375. The van der Waals surface area contributed by atoms with Crippen molar-refractivity contribution < 1.29 is 12.9 Å². The van der Waals surface area contributed by atoms with Crippen molar-refractivity contribution in [2.24, 2.45) is 0 Å². The summed E-state index contributed by atoms with van der Waals surface area (Å²) in [6, 6.07) is 6.70. The van der Waals surface area contributed by atoms with Crippen LogP contribution in [0.25, 0.3) is 0 Å². The molecule has 8 heteroatoms. The molecule has 108 valence electrons. The third kappa shape index (κ3) is 3.34. The van der Waals surface area contributed by atoms with Crippen molar-refractivity contribution in [1.29, 1.82) is 0 Å². The average Bonchev–Trinajstić information content (AvgIpc) is 2.84. The van der Waals surface area contributed by atoms with Crippen molar-refractivity contribution in [3.05, 3.63) is 36.0 Å². The SMILES string of the molecule is CNc1ccccc1S(=O)(=O)NCCc1nc(C)no1. The molecule has 1 aromatic heterocycles. The Morgan fingerprint density at radius 1 is 1.30 bits per heavy atom. The maximum absolute atomic E-state index is 12.2. The fraction of sp³-hybridized carbons (Fsp3) is 0.333. The third-order valence-corrected chi connectivity index (χ3v) is 4.17. The van der Waals surface area contributed by atoms with E-state index in [9.17, 15) is 8.42 Å². The normalized spacial score (nSPS) is 11.5. The highest BCUT2D eigenvalue weighted by Crippen LogP contribution is 2.19. The number of hydrogen-bond acceptors (Lipinski definition) is 6. The van der Waals surface area contributed by atoms with Crippen LogP contribution in [0.5, 0.6) is 0 Å². The molecule has 0 unspecified atom stereocenters. The number of rotatable bonds is 6. The number of aryl methyl sites for hydroxylation is 1. The summed E-state index contributed by atoms with van der Waals surface area (Å²) in [5, 5.41) is 6.50. The van der Waals surface area contributed by atoms with Gasteiger partial charge in [0.05, 0.1) is 5.69 Å². The van der Waals surface area contributed by atoms with E-state index in [-0.39, 0.29) is 11.4 Å². The fourth-order valence-electron chi connectivity index (χ4n) is 1.72. The quantitative estimate of drug-likeness (QED) is 0.823. The Kier molecular flexibility index (Phi) is 4.35. The molecule has 0 aliphatic carbocycles. The predicted molar refractivity (Wildman–Crippen MR) is 73.9 cm³/mol. The summed E-state index contributed by atoms with van der Waals surface area (Å²) in [5.74, 6) is 0.940. The first-order valence-electron chi connectivity index (χ1n) is 6.08. The molecule has 0 fully saturated rings. The molecule has 0 atom stereocenters. The van der Waals surface area contributed by atoms with Crippen LogP contribution in [0, 0.1) is 6.92 Å². The zero-order valence-electron chi connectivity index (χ0n) is 11.3. The number of para-hydroxylation sites is 1. The first-order chi connectivity index (χ1) is 9.53. The Morgan fingerprint density at radius 3 is 2.70 bits per heavy atom. The van der Waals surface area contributed by atoms with Crippen molar-refractivity contribution in [2.75, 3.05) is 18.9 Å². The molecule has 0 saturated heterocycles. The van der Waals surface area contributed by atoms with Crippen LogP contribution in [0.1, 0.15) is 11.7 Å². The van der Waals surface area contributed by atoms with Crippen molar-refractivity contribution >= 4 is 15.7 Å². The minimum atomic E-state index is -3.57. The van der Waals surface area contributed by atoms with E-state index in [2.05, 4.69) is 20.2 Å². The number of hydrogen-bond donors (Lipinski definition) is 2. The molecule has 0 radical (unpaired) electrons. The molecule has 20 heavy (non-hydrogen) atoms. The summed E-state index contributed by atoms with van der Waals surface area (Å²) < 4.78 is 31.8. The summed E-state index contributed by atoms with van der Waals surface area (Å²) in [6.45, 7) is 1.91. The summed E-state index contributed by atoms with van der Waals surface area (Å²) in [4.78, 5) is 4.22. The van der Waals surface area contributed by atoms with E-state index in [1.54, 1.807) is 38.2 Å². The topological polar surface area (TPSA) is 97.1 Å².